The van der Waals surface area contributed by atoms with Gasteiger partial charge in [0.2, 0.25) is 0 Å². The van der Waals surface area contributed by atoms with E-state index < -0.39 is 0 Å². The second-order valence-corrected chi connectivity index (χ2v) is 8.38. The van der Waals surface area contributed by atoms with Gasteiger partial charge in [-0.15, -0.1) is 0 Å². The summed E-state index contributed by atoms with van der Waals surface area (Å²) in [5.41, 5.74) is 4.99. The number of nitrogens with zero attached hydrogens (tertiary/aromatic N) is 2. The molecule has 0 bridgehead atoms. The fourth-order valence-corrected chi connectivity index (χ4v) is 3.63. The third kappa shape index (κ3) is 3.64. The van der Waals surface area contributed by atoms with Gasteiger partial charge >= 0.3 is 0 Å². The second-order valence-electron chi connectivity index (χ2n) is 7.60. The molecule has 0 saturated heterocycles. The van der Waals surface area contributed by atoms with Crippen LogP contribution in [0, 0.1) is 0 Å². The van der Waals surface area contributed by atoms with Gasteiger partial charge in [-0.05, 0) is 63.2 Å². The Morgan fingerprint density at radius 3 is 2.44 bits per heavy atom. The van der Waals surface area contributed by atoms with Crippen LogP contribution in [0.3, 0.4) is 0 Å². The van der Waals surface area contributed by atoms with E-state index in [1.165, 1.54) is 11.1 Å². The summed E-state index contributed by atoms with van der Waals surface area (Å²) in [5.74, 6) is 0.388. The maximum absolute atomic E-state index is 12.5. The minimum absolute atomic E-state index is 0.0662. The van der Waals surface area contributed by atoms with Crippen LogP contribution < -0.4 is 5.32 Å². The molecule has 0 fully saturated rings. The quantitative estimate of drug-likeness (QED) is 0.506. The molecule has 1 N–H and O–H groups in total. The van der Waals surface area contributed by atoms with Crippen molar-refractivity contribution in [2.45, 2.75) is 26.2 Å². The third-order valence-electron chi connectivity index (χ3n) is 4.56. The highest BCUT2D eigenvalue weighted by Gasteiger charge is 2.15. The van der Waals surface area contributed by atoms with Crippen LogP contribution in [-0.2, 0) is 5.41 Å². The van der Waals surface area contributed by atoms with Gasteiger partial charge in [0.1, 0.15) is 5.65 Å². The van der Waals surface area contributed by atoms with E-state index in [4.69, 9.17) is 0 Å². The first-order chi connectivity index (χ1) is 12.9. The van der Waals surface area contributed by atoms with Gasteiger partial charge in [0, 0.05) is 11.8 Å². The number of anilines is 1. The highest BCUT2D eigenvalue weighted by molar-refractivity contribution is 7.08. The molecule has 0 spiro atoms. The van der Waals surface area contributed by atoms with Crippen LogP contribution in [-0.4, -0.2) is 15.3 Å². The number of imidazole rings is 1. The smallest absolute Gasteiger partial charge is 0.256 e. The molecule has 0 aliphatic heterocycles. The Bertz CT molecular complexity index is 1090. The van der Waals surface area contributed by atoms with E-state index in [-0.39, 0.29) is 11.3 Å². The first kappa shape index (κ1) is 17.5. The highest BCUT2D eigenvalue weighted by Crippen LogP contribution is 2.24. The van der Waals surface area contributed by atoms with E-state index in [9.17, 15) is 4.79 Å². The molecule has 0 aliphatic carbocycles. The van der Waals surface area contributed by atoms with Gasteiger partial charge in [0.05, 0.1) is 6.20 Å². The van der Waals surface area contributed by atoms with Crippen molar-refractivity contribution in [2.24, 2.45) is 0 Å². The molecule has 0 saturated carbocycles. The van der Waals surface area contributed by atoms with Gasteiger partial charge in [-0.25, -0.2) is 4.98 Å². The topological polar surface area (TPSA) is 46.4 Å². The Morgan fingerprint density at radius 1 is 1.00 bits per heavy atom. The number of hydrogen-bond acceptors (Lipinski definition) is 3. The molecule has 5 heteroatoms. The van der Waals surface area contributed by atoms with Crippen LogP contribution >= 0.6 is 11.3 Å². The third-order valence-corrected chi connectivity index (χ3v) is 5.24. The standard InChI is InChI=1S/C22H21N3OS/c1-22(2,3)18-7-4-15(5-8-18)21(26)24-19-13-25-12-16(6-9-20(25)23-19)17-10-11-27-14-17/h4-14H,1-3H3,(H,24,26). The van der Waals surface area contributed by atoms with E-state index in [0.717, 1.165) is 11.2 Å². The van der Waals surface area contributed by atoms with Crippen molar-refractivity contribution in [3.8, 4) is 11.1 Å². The summed E-state index contributed by atoms with van der Waals surface area (Å²) in [7, 11) is 0. The van der Waals surface area contributed by atoms with Crippen LogP contribution in [0.15, 0.2) is 65.6 Å². The van der Waals surface area contributed by atoms with Crippen molar-refractivity contribution >= 4 is 28.7 Å². The molecule has 4 aromatic rings. The zero-order valence-corrected chi connectivity index (χ0v) is 16.4. The summed E-state index contributed by atoms with van der Waals surface area (Å²) in [5, 5.41) is 7.06. The monoisotopic (exact) mass is 375 g/mol. The number of pyridine rings is 1. The molecule has 3 aromatic heterocycles. The Morgan fingerprint density at radius 2 is 1.78 bits per heavy atom. The van der Waals surface area contributed by atoms with Gasteiger partial charge < -0.3 is 9.72 Å². The minimum Gasteiger partial charge on any atom is -0.305 e. The second kappa shape index (κ2) is 6.67. The fourth-order valence-electron chi connectivity index (χ4n) is 2.96. The number of amides is 1. The molecule has 1 aromatic carbocycles. The van der Waals surface area contributed by atoms with Crippen LogP contribution in [0.5, 0.6) is 0 Å². The number of nitrogens with one attached hydrogen (secondary N) is 1. The van der Waals surface area contributed by atoms with E-state index >= 15 is 0 Å². The number of carbonyl (C=O) groups excluding carboxylic acids is 1. The van der Waals surface area contributed by atoms with Crippen molar-refractivity contribution in [2.75, 3.05) is 5.32 Å². The number of rotatable bonds is 3. The van der Waals surface area contributed by atoms with Gasteiger partial charge in [0.15, 0.2) is 5.82 Å². The average Bonchev–Trinajstić information content (AvgIpc) is 3.29. The van der Waals surface area contributed by atoms with Crippen molar-refractivity contribution in [3.05, 3.63) is 76.7 Å². The lowest BCUT2D eigenvalue weighted by Gasteiger charge is -2.18. The predicted octanol–water partition coefficient (Wildman–Crippen LogP) is 5.61. The van der Waals surface area contributed by atoms with Crippen molar-refractivity contribution in [3.63, 3.8) is 0 Å². The van der Waals surface area contributed by atoms with Crippen LogP contribution in [0.4, 0.5) is 5.82 Å². The van der Waals surface area contributed by atoms with Crippen molar-refractivity contribution in [1.29, 1.82) is 0 Å². The highest BCUT2D eigenvalue weighted by atomic mass is 32.1. The molecular weight excluding hydrogens is 354 g/mol. The normalized spacial score (nSPS) is 11.7. The fraction of sp³-hybridized carbons (Fsp3) is 0.182. The lowest BCUT2D eigenvalue weighted by Crippen LogP contribution is -2.14. The summed E-state index contributed by atoms with van der Waals surface area (Å²) < 4.78 is 1.94. The maximum Gasteiger partial charge on any atom is 0.256 e. The number of thiophene rings is 1. The van der Waals surface area contributed by atoms with Crippen LogP contribution in [0.2, 0.25) is 0 Å². The Labute approximate surface area is 162 Å². The largest absolute Gasteiger partial charge is 0.305 e. The molecule has 27 heavy (non-hydrogen) atoms. The molecule has 136 valence electrons. The van der Waals surface area contributed by atoms with E-state index in [1.807, 2.05) is 53.2 Å². The molecular formula is C22H21N3OS. The van der Waals surface area contributed by atoms with E-state index in [1.54, 1.807) is 11.3 Å². The Kier molecular flexibility index (Phi) is 4.32. The van der Waals surface area contributed by atoms with Crippen LogP contribution in [0.25, 0.3) is 16.8 Å². The number of benzene rings is 1. The van der Waals surface area contributed by atoms with Gasteiger partial charge in [0.25, 0.3) is 5.91 Å². The van der Waals surface area contributed by atoms with E-state index in [0.29, 0.717) is 11.4 Å². The molecule has 0 radical (unpaired) electrons. The molecule has 0 aliphatic rings. The lowest BCUT2D eigenvalue weighted by molar-refractivity contribution is 0.102. The van der Waals surface area contributed by atoms with Crippen molar-refractivity contribution in [1.82, 2.24) is 9.38 Å². The summed E-state index contributed by atoms with van der Waals surface area (Å²) in [6.45, 7) is 6.47. The molecule has 0 atom stereocenters. The summed E-state index contributed by atoms with van der Waals surface area (Å²) in [6.07, 6.45) is 3.87. The SMILES string of the molecule is CC(C)(C)c1ccc(C(=O)Nc2cn3cc(-c4ccsc4)ccc3n2)cc1. The summed E-state index contributed by atoms with van der Waals surface area (Å²) in [4.78, 5) is 17.0. The summed E-state index contributed by atoms with van der Waals surface area (Å²) in [6, 6.07) is 13.8. The molecule has 4 rings (SSSR count). The van der Waals surface area contributed by atoms with Gasteiger partial charge in [-0.1, -0.05) is 32.9 Å². The van der Waals surface area contributed by atoms with Crippen LogP contribution in [0.1, 0.15) is 36.7 Å². The number of aromatic nitrogens is 2. The Balaban J connectivity index is 1.55. The maximum atomic E-state index is 12.5. The Hall–Kier alpha value is -2.92. The zero-order valence-electron chi connectivity index (χ0n) is 15.6. The number of hydrogen-bond donors (Lipinski definition) is 1. The van der Waals surface area contributed by atoms with Gasteiger partial charge in [-0.2, -0.15) is 11.3 Å². The minimum atomic E-state index is -0.156. The molecule has 0 unspecified atom stereocenters. The first-order valence-electron chi connectivity index (χ1n) is 8.83. The average molecular weight is 375 g/mol. The first-order valence-corrected chi connectivity index (χ1v) is 9.78. The molecule has 3 heterocycles. The van der Waals surface area contributed by atoms with Crippen molar-refractivity contribution < 1.29 is 4.79 Å². The molecule has 1 amide bonds. The summed E-state index contributed by atoms with van der Waals surface area (Å²) >= 11 is 1.67. The molecule has 4 nitrogen and oxygen atoms in total. The van der Waals surface area contributed by atoms with Gasteiger partial charge in [-0.3, -0.25) is 4.79 Å². The zero-order chi connectivity index (χ0) is 19.0. The lowest BCUT2D eigenvalue weighted by atomic mass is 9.87. The number of carbonyl (C=O) groups is 1. The van der Waals surface area contributed by atoms with E-state index in [2.05, 4.69) is 47.9 Å². The predicted molar refractivity (Wildman–Crippen MR) is 112 cm³/mol. The number of fused-ring (bicyclic) bond motifs is 1.